The van der Waals surface area contributed by atoms with Gasteiger partial charge in [-0.05, 0) is 33.7 Å². The van der Waals surface area contributed by atoms with Crippen LogP contribution in [-0.2, 0) is 6.54 Å². The van der Waals surface area contributed by atoms with E-state index >= 15 is 0 Å². The van der Waals surface area contributed by atoms with Gasteiger partial charge >= 0.3 is 0 Å². The Hall–Kier alpha value is -1.03. The Kier molecular flexibility index (Phi) is 3.49. The van der Waals surface area contributed by atoms with Crippen LogP contribution in [-0.4, -0.2) is 40.1 Å². The summed E-state index contributed by atoms with van der Waals surface area (Å²) in [5.41, 5.74) is 0. The van der Waals surface area contributed by atoms with Crippen LogP contribution in [0.3, 0.4) is 0 Å². The van der Waals surface area contributed by atoms with Gasteiger partial charge in [0.15, 0.2) is 0 Å². The molecule has 0 spiro atoms. The van der Waals surface area contributed by atoms with Crippen LogP contribution in [0, 0.1) is 0 Å². The molecule has 90 valence electrons. The number of hydrogen-bond acceptors (Lipinski definition) is 3. The van der Waals surface area contributed by atoms with E-state index in [1.807, 2.05) is 12.4 Å². The number of imidazole rings is 1. The molecule has 1 saturated carbocycles. The SMILES string of the molecule is CCn1ccnc1NCC(C)N(C)C1CC1. The Morgan fingerprint density at radius 1 is 1.62 bits per heavy atom. The summed E-state index contributed by atoms with van der Waals surface area (Å²) < 4.78 is 2.13. The minimum atomic E-state index is 0.564. The lowest BCUT2D eigenvalue weighted by Crippen LogP contribution is -2.36. The van der Waals surface area contributed by atoms with Crippen LogP contribution in [0.4, 0.5) is 5.95 Å². The molecule has 16 heavy (non-hydrogen) atoms. The maximum Gasteiger partial charge on any atom is 0.202 e. The number of aromatic nitrogens is 2. The molecule has 1 fully saturated rings. The molecule has 1 atom stereocenters. The molecule has 0 aliphatic heterocycles. The maximum atomic E-state index is 4.31. The summed E-state index contributed by atoms with van der Waals surface area (Å²) in [5.74, 6) is 0.985. The topological polar surface area (TPSA) is 33.1 Å². The Morgan fingerprint density at radius 3 is 3.00 bits per heavy atom. The summed E-state index contributed by atoms with van der Waals surface area (Å²) in [5, 5.41) is 3.42. The van der Waals surface area contributed by atoms with Crippen molar-refractivity contribution in [3.8, 4) is 0 Å². The maximum absolute atomic E-state index is 4.31. The van der Waals surface area contributed by atoms with Gasteiger partial charge in [0.05, 0.1) is 0 Å². The molecule has 0 aromatic carbocycles. The molecule has 0 saturated heterocycles. The van der Waals surface area contributed by atoms with Gasteiger partial charge < -0.3 is 9.88 Å². The predicted octanol–water partition coefficient (Wildman–Crippen LogP) is 1.80. The number of nitrogens with zero attached hydrogens (tertiary/aromatic N) is 3. The summed E-state index contributed by atoms with van der Waals surface area (Å²) in [7, 11) is 2.22. The quantitative estimate of drug-likeness (QED) is 0.796. The summed E-state index contributed by atoms with van der Waals surface area (Å²) in [6, 6.07) is 1.39. The summed E-state index contributed by atoms with van der Waals surface area (Å²) in [6.45, 7) is 6.33. The fraction of sp³-hybridized carbons (Fsp3) is 0.750. The van der Waals surface area contributed by atoms with Crippen LogP contribution in [0.2, 0.25) is 0 Å². The van der Waals surface area contributed by atoms with Crippen molar-refractivity contribution in [3.63, 3.8) is 0 Å². The Balaban J connectivity index is 1.82. The third-order valence-corrected chi connectivity index (χ3v) is 3.43. The number of likely N-dealkylation sites (N-methyl/N-ethyl adjacent to an activating group) is 1. The second-order valence-corrected chi connectivity index (χ2v) is 4.66. The fourth-order valence-electron chi connectivity index (χ4n) is 1.96. The van der Waals surface area contributed by atoms with E-state index in [1.54, 1.807) is 0 Å². The highest BCUT2D eigenvalue weighted by molar-refractivity contribution is 5.25. The average molecular weight is 222 g/mol. The zero-order valence-corrected chi connectivity index (χ0v) is 10.5. The van der Waals surface area contributed by atoms with E-state index in [2.05, 4.69) is 40.7 Å². The molecular formula is C12H22N4. The highest BCUT2D eigenvalue weighted by atomic mass is 15.2. The molecule has 2 rings (SSSR count). The Morgan fingerprint density at radius 2 is 2.38 bits per heavy atom. The van der Waals surface area contributed by atoms with E-state index < -0.39 is 0 Å². The van der Waals surface area contributed by atoms with Crippen molar-refractivity contribution >= 4 is 5.95 Å². The van der Waals surface area contributed by atoms with E-state index in [0.29, 0.717) is 6.04 Å². The minimum absolute atomic E-state index is 0.564. The first-order valence-corrected chi connectivity index (χ1v) is 6.19. The van der Waals surface area contributed by atoms with Crippen molar-refractivity contribution < 1.29 is 0 Å². The molecule has 1 heterocycles. The van der Waals surface area contributed by atoms with E-state index in [0.717, 1.165) is 25.1 Å². The van der Waals surface area contributed by atoms with Crippen LogP contribution in [0.25, 0.3) is 0 Å². The molecule has 1 aromatic heterocycles. The number of aryl methyl sites for hydroxylation is 1. The molecule has 0 radical (unpaired) electrons. The van der Waals surface area contributed by atoms with Gasteiger partial charge in [0.2, 0.25) is 5.95 Å². The monoisotopic (exact) mass is 222 g/mol. The Bertz CT molecular complexity index is 330. The van der Waals surface area contributed by atoms with Crippen molar-refractivity contribution in [2.24, 2.45) is 0 Å². The van der Waals surface area contributed by atoms with Crippen LogP contribution in [0.5, 0.6) is 0 Å². The smallest absolute Gasteiger partial charge is 0.202 e. The molecule has 0 bridgehead atoms. The van der Waals surface area contributed by atoms with Gasteiger partial charge in [-0.15, -0.1) is 0 Å². The summed E-state index contributed by atoms with van der Waals surface area (Å²) in [4.78, 5) is 6.78. The first-order chi connectivity index (χ1) is 7.72. The molecule has 0 amide bonds. The molecule has 1 aliphatic carbocycles. The standard InChI is InChI=1S/C12H22N4/c1-4-16-8-7-13-12(16)14-9-10(2)15(3)11-5-6-11/h7-8,10-11H,4-6,9H2,1-3H3,(H,13,14). The molecular weight excluding hydrogens is 200 g/mol. The normalized spacial score (nSPS) is 17.8. The highest BCUT2D eigenvalue weighted by Gasteiger charge is 2.28. The molecule has 1 N–H and O–H groups in total. The van der Waals surface area contributed by atoms with Gasteiger partial charge in [0, 0.05) is 37.6 Å². The largest absolute Gasteiger partial charge is 0.354 e. The van der Waals surface area contributed by atoms with Crippen molar-refractivity contribution in [3.05, 3.63) is 12.4 Å². The van der Waals surface area contributed by atoms with Gasteiger partial charge in [-0.25, -0.2) is 4.98 Å². The average Bonchev–Trinajstić information content (AvgIpc) is 3.04. The minimum Gasteiger partial charge on any atom is -0.354 e. The lowest BCUT2D eigenvalue weighted by molar-refractivity contribution is 0.257. The van der Waals surface area contributed by atoms with Gasteiger partial charge in [-0.2, -0.15) is 0 Å². The van der Waals surface area contributed by atoms with Crippen LogP contribution in [0.15, 0.2) is 12.4 Å². The van der Waals surface area contributed by atoms with Crippen molar-refractivity contribution in [2.75, 3.05) is 18.9 Å². The number of nitrogens with one attached hydrogen (secondary N) is 1. The number of anilines is 1. The lowest BCUT2D eigenvalue weighted by Gasteiger charge is -2.24. The van der Waals surface area contributed by atoms with Gasteiger partial charge in [-0.3, -0.25) is 4.90 Å². The van der Waals surface area contributed by atoms with Gasteiger partial charge in [0.1, 0.15) is 0 Å². The van der Waals surface area contributed by atoms with Gasteiger partial charge in [-0.1, -0.05) is 0 Å². The number of hydrogen-bond donors (Lipinski definition) is 1. The second-order valence-electron chi connectivity index (χ2n) is 4.66. The molecule has 1 aromatic rings. The zero-order valence-electron chi connectivity index (χ0n) is 10.5. The van der Waals surface area contributed by atoms with Crippen molar-refractivity contribution in [1.29, 1.82) is 0 Å². The second kappa shape index (κ2) is 4.87. The third kappa shape index (κ3) is 2.55. The van der Waals surface area contributed by atoms with Crippen molar-refractivity contribution in [1.82, 2.24) is 14.5 Å². The molecule has 1 aliphatic rings. The van der Waals surface area contributed by atoms with E-state index in [-0.39, 0.29) is 0 Å². The fourth-order valence-corrected chi connectivity index (χ4v) is 1.96. The van der Waals surface area contributed by atoms with Crippen LogP contribution < -0.4 is 5.32 Å². The third-order valence-electron chi connectivity index (χ3n) is 3.43. The zero-order chi connectivity index (χ0) is 11.5. The first kappa shape index (κ1) is 11.5. The molecule has 1 unspecified atom stereocenters. The van der Waals surface area contributed by atoms with E-state index in [9.17, 15) is 0 Å². The van der Waals surface area contributed by atoms with Crippen LogP contribution >= 0.6 is 0 Å². The van der Waals surface area contributed by atoms with Crippen LogP contribution in [0.1, 0.15) is 26.7 Å². The molecule has 4 nitrogen and oxygen atoms in total. The van der Waals surface area contributed by atoms with E-state index in [4.69, 9.17) is 0 Å². The summed E-state index contributed by atoms with van der Waals surface area (Å²) in [6.07, 6.45) is 6.59. The Labute approximate surface area is 97.7 Å². The predicted molar refractivity (Wildman–Crippen MR) is 66.6 cm³/mol. The van der Waals surface area contributed by atoms with E-state index in [1.165, 1.54) is 12.8 Å². The first-order valence-electron chi connectivity index (χ1n) is 6.19. The lowest BCUT2D eigenvalue weighted by atomic mass is 10.3. The summed E-state index contributed by atoms with van der Waals surface area (Å²) >= 11 is 0. The number of rotatable bonds is 6. The van der Waals surface area contributed by atoms with Gasteiger partial charge in [0.25, 0.3) is 0 Å². The molecule has 4 heteroatoms. The highest BCUT2D eigenvalue weighted by Crippen LogP contribution is 2.26. The van der Waals surface area contributed by atoms with Crippen molar-refractivity contribution in [2.45, 2.75) is 45.3 Å².